The summed E-state index contributed by atoms with van der Waals surface area (Å²) >= 11 is 0. The summed E-state index contributed by atoms with van der Waals surface area (Å²) < 4.78 is 12.2. The van der Waals surface area contributed by atoms with Gasteiger partial charge in [0, 0.05) is 0 Å². The first-order valence-corrected chi connectivity index (χ1v) is 11.0. The molecule has 5 rings (SSSR count). The molecule has 0 radical (unpaired) electrons. The van der Waals surface area contributed by atoms with Crippen LogP contribution in [0.5, 0.6) is 11.5 Å². The van der Waals surface area contributed by atoms with E-state index in [1.807, 2.05) is 24.3 Å². The molecule has 0 amide bonds. The Bertz CT molecular complexity index is 1260. The van der Waals surface area contributed by atoms with Gasteiger partial charge in [-0.15, -0.1) is 0 Å². The summed E-state index contributed by atoms with van der Waals surface area (Å²) in [5.41, 5.74) is 4.82. The molecule has 0 atom stereocenters. The van der Waals surface area contributed by atoms with Crippen LogP contribution in [0.25, 0.3) is 21.5 Å². The van der Waals surface area contributed by atoms with Gasteiger partial charge in [0.15, 0.2) is 0 Å². The Hall–Kier alpha value is -3.78. The minimum absolute atomic E-state index is 0.536. The normalized spacial score (nSPS) is 11.1. The van der Waals surface area contributed by atoms with Crippen LogP contribution in [0.3, 0.4) is 0 Å². The van der Waals surface area contributed by atoms with Crippen molar-refractivity contribution in [1.82, 2.24) is 0 Å². The van der Waals surface area contributed by atoms with Gasteiger partial charge in [-0.05, 0) is 82.9 Å². The molecule has 0 aliphatic rings. The summed E-state index contributed by atoms with van der Waals surface area (Å²) in [5, 5.41) is 4.88. The second-order valence-corrected chi connectivity index (χ2v) is 8.33. The van der Waals surface area contributed by atoms with Gasteiger partial charge in [0.1, 0.15) is 24.7 Å². The van der Waals surface area contributed by atoms with Crippen LogP contribution in [0.15, 0.2) is 97.1 Å². The van der Waals surface area contributed by atoms with Crippen molar-refractivity contribution in [3.8, 4) is 11.5 Å². The lowest BCUT2D eigenvalue weighted by Crippen LogP contribution is -1.98. The Morgan fingerprint density at radius 2 is 0.938 bits per heavy atom. The number of hydrogen-bond acceptors (Lipinski definition) is 2. The molecule has 0 saturated carbocycles. The molecule has 0 aliphatic heterocycles. The highest BCUT2D eigenvalue weighted by Crippen LogP contribution is 2.29. The van der Waals surface area contributed by atoms with Gasteiger partial charge >= 0.3 is 0 Å². The molecule has 2 heteroatoms. The maximum atomic E-state index is 6.09. The lowest BCUT2D eigenvalue weighted by Gasteiger charge is -2.13. The van der Waals surface area contributed by atoms with Gasteiger partial charge in [-0.25, -0.2) is 0 Å². The Morgan fingerprint density at radius 3 is 1.38 bits per heavy atom. The third-order valence-corrected chi connectivity index (χ3v) is 5.89. The van der Waals surface area contributed by atoms with Crippen LogP contribution >= 0.6 is 0 Å². The van der Waals surface area contributed by atoms with E-state index in [0.717, 1.165) is 11.5 Å². The molecule has 0 aliphatic carbocycles. The van der Waals surface area contributed by atoms with Gasteiger partial charge in [-0.3, -0.25) is 0 Å². The number of hydrogen-bond donors (Lipinski definition) is 0. The quantitative estimate of drug-likeness (QED) is 0.262. The van der Waals surface area contributed by atoms with E-state index in [2.05, 4.69) is 86.6 Å². The third kappa shape index (κ3) is 4.31. The second kappa shape index (κ2) is 8.76. The van der Waals surface area contributed by atoms with Crippen LogP contribution < -0.4 is 9.47 Å². The molecule has 0 N–H and O–H groups in total. The van der Waals surface area contributed by atoms with Crippen LogP contribution in [-0.2, 0) is 13.2 Å². The standard InChI is InChI=1S/C30H26O2/c1-21-9-13-27(14-10-21)31-19-25-7-3-5-23-17-24-6-4-8-26(30(24)18-29(23)25)20-32-28-15-11-22(2)12-16-28/h3-18H,19-20H2,1-2H3. The maximum Gasteiger partial charge on any atom is 0.119 e. The molecular weight excluding hydrogens is 392 g/mol. The molecule has 5 aromatic rings. The van der Waals surface area contributed by atoms with E-state index in [-0.39, 0.29) is 0 Å². The monoisotopic (exact) mass is 418 g/mol. The molecule has 0 unspecified atom stereocenters. The number of fused-ring (bicyclic) bond motifs is 2. The smallest absolute Gasteiger partial charge is 0.119 e. The van der Waals surface area contributed by atoms with Crippen LogP contribution in [0, 0.1) is 13.8 Å². The van der Waals surface area contributed by atoms with Gasteiger partial charge in [0.25, 0.3) is 0 Å². The summed E-state index contributed by atoms with van der Waals surface area (Å²) in [5.74, 6) is 1.78. The Morgan fingerprint density at radius 1 is 0.500 bits per heavy atom. The van der Waals surface area contributed by atoms with E-state index in [1.54, 1.807) is 0 Å². The molecule has 32 heavy (non-hydrogen) atoms. The van der Waals surface area contributed by atoms with E-state index in [4.69, 9.17) is 9.47 Å². The Balaban J connectivity index is 1.46. The molecule has 0 aromatic heterocycles. The van der Waals surface area contributed by atoms with Crippen molar-refractivity contribution < 1.29 is 9.47 Å². The Labute approximate surface area is 189 Å². The number of aryl methyl sites for hydroxylation is 2. The topological polar surface area (TPSA) is 18.5 Å². The summed E-state index contributed by atoms with van der Waals surface area (Å²) in [7, 11) is 0. The van der Waals surface area contributed by atoms with Gasteiger partial charge in [-0.1, -0.05) is 71.8 Å². The van der Waals surface area contributed by atoms with Crippen LogP contribution in [-0.4, -0.2) is 0 Å². The molecule has 158 valence electrons. The molecule has 0 bridgehead atoms. The second-order valence-electron chi connectivity index (χ2n) is 8.33. The zero-order valence-corrected chi connectivity index (χ0v) is 18.5. The lowest BCUT2D eigenvalue weighted by atomic mass is 9.97. The largest absolute Gasteiger partial charge is 0.489 e. The highest BCUT2D eigenvalue weighted by Gasteiger charge is 2.08. The van der Waals surface area contributed by atoms with E-state index < -0.39 is 0 Å². The maximum absolute atomic E-state index is 6.09. The van der Waals surface area contributed by atoms with Crippen LogP contribution in [0.1, 0.15) is 22.3 Å². The fourth-order valence-corrected chi connectivity index (χ4v) is 4.02. The molecule has 0 spiro atoms. The molecule has 0 fully saturated rings. The van der Waals surface area contributed by atoms with E-state index in [9.17, 15) is 0 Å². The summed E-state index contributed by atoms with van der Waals surface area (Å²) in [4.78, 5) is 0. The zero-order valence-electron chi connectivity index (χ0n) is 18.5. The predicted octanol–water partition coefficient (Wildman–Crippen LogP) is 7.77. The average molecular weight is 419 g/mol. The first kappa shape index (κ1) is 20.1. The van der Waals surface area contributed by atoms with Crippen LogP contribution in [0.4, 0.5) is 0 Å². The average Bonchev–Trinajstić information content (AvgIpc) is 2.82. The van der Waals surface area contributed by atoms with E-state index in [0.29, 0.717) is 13.2 Å². The predicted molar refractivity (Wildman–Crippen MR) is 132 cm³/mol. The minimum atomic E-state index is 0.536. The molecule has 0 saturated heterocycles. The van der Waals surface area contributed by atoms with Crippen LogP contribution in [0.2, 0.25) is 0 Å². The first-order valence-electron chi connectivity index (χ1n) is 11.0. The molecule has 0 heterocycles. The minimum Gasteiger partial charge on any atom is -0.489 e. The van der Waals surface area contributed by atoms with Crippen molar-refractivity contribution in [3.05, 3.63) is 119 Å². The van der Waals surface area contributed by atoms with Crippen molar-refractivity contribution in [2.75, 3.05) is 0 Å². The van der Waals surface area contributed by atoms with Crippen molar-refractivity contribution >= 4 is 21.5 Å². The van der Waals surface area contributed by atoms with E-state index in [1.165, 1.54) is 43.8 Å². The molecular formula is C30H26O2. The van der Waals surface area contributed by atoms with Gasteiger partial charge < -0.3 is 9.47 Å². The van der Waals surface area contributed by atoms with Crippen molar-refractivity contribution in [2.24, 2.45) is 0 Å². The highest BCUT2D eigenvalue weighted by molar-refractivity contribution is 6.00. The van der Waals surface area contributed by atoms with Gasteiger partial charge in [0.2, 0.25) is 0 Å². The van der Waals surface area contributed by atoms with Crippen molar-refractivity contribution in [1.29, 1.82) is 0 Å². The fraction of sp³-hybridized carbons (Fsp3) is 0.133. The van der Waals surface area contributed by atoms with Gasteiger partial charge in [0.05, 0.1) is 0 Å². The lowest BCUT2D eigenvalue weighted by molar-refractivity contribution is 0.307. The van der Waals surface area contributed by atoms with Crippen molar-refractivity contribution in [3.63, 3.8) is 0 Å². The number of benzene rings is 5. The van der Waals surface area contributed by atoms with E-state index >= 15 is 0 Å². The zero-order chi connectivity index (χ0) is 21.9. The van der Waals surface area contributed by atoms with Crippen molar-refractivity contribution in [2.45, 2.75) is 27.1 Å². The SMILES string of the molecule is Cc1ccc(OCc2cccc3cc4cccc(COc5ccc(C)cc5)c4cc23)cc1. The molecule has 2 nitrogen and oxygen atoms in total. The molecule has 5 aromatic carbocycles. The number of rotatable bonds is 6. The Kier molecular flexibility index (Phi) is 5.51. The summed E-state index contributed by atoms with van der Waals surface area (Å²) in [6.07, 6.45) is 0. The summed E-state index contributed by atoms with van der Waals surface area (Å²) in [6.45, 7) is 5.24. The van der Waals surface area contributed by atoms with Gasteiger partial charge in [-0.2, -0.15) is 0 Å². The summed E-state index contributed by atoms with van der Waals surface area (Å²) in [6, 6.07) is 33.8. The third-order valence-electron chi connectivity index (χ3n) is 5.89. The highest BCUT2D eigenvalue weighted by atomic mass is 16.5. The first-order chi connectivity index (χ1) is 15.7. The number of ether oxygens (including phenoxy) is 2. The fourth-order valence-electron chi connectivity index (χ4n) is 4.02.